The van der Waals surface area contributed by atoms with E-state index in [9.17, 15) is 13.2 Å². The van der Waals surface area contributed by atoms with E-state index in [1.165, 1.54) is 25.1 Å². The zero-order valence-corrected chi connectivity index (χ0v) is 10.7. The minimum absolute atomic E-state index is 0.0624. The average molecular weight is 272 g/mol. The third-order valence-electron chi connectivity index (χ3n) is 1.88. The smallest absolute Gasteiger partial charge is 0.423 e. The Kier molecular flexibility index (Phi) is 4.33. The van der Waals surface area contributed by atoms with Gasteiger partial charge in [0.2, 0.25) is 15.9 Å². The van der Waals surface area contributed by atoms with E-state index in [0.29, 0.717) is 0 Å². The molecular formula is C9H13BN2O5S. The fraction of sp³-hybridized carbons (Fsp3) is 0.222. The number of rotatable bonds is 4. The standard InChI is InChI=1S/C9H13BN2O5S/c1-6(13)11-8-3-7(10(14)15)4-9(5-8)12-18(2,16)17/h3-5,12,14-15H,1-2H3,(H,11,13). The second-order valence-electron chi connectivity index (χ2n) is 3.77. The molecule has 0 aliphatic carbocycles. The summed E-state index contributed by atoms with van der Waals surface area (Å²) in [6, 6.07) is 3.96. The molecule has 0 fully saturated rings. The molecule has 0 aliphatic heterocycles. The highest BCUT2D eigenvalue weighted by Crippen LogP contribution is 2.15. The van der Waals surface area contributed by atoms with E-state index >= 15 is 0 Å². The Hall–Kier alpha value is -1.58. The third-order valence-corrected chi connectivity index (χ3v) is 2.48. The first kappa shape index (κ1) is 14.5. The molecular weight excluding hydrogens is 259 g/mol. The monoisotopic (exact) mass is 272 g/mol. The van der Waals surface area contributed by atoms with Gasteiger partial charge in [-0.2, -0.15) is 0 Å². The van der Waals surface area contributed by atoms with E-state index in [0.717, 1.165) is 6.26 Å². The molecule has 98 valence electrons. The summed E-state index contributed by atoms with van der Waals surface area (Å²) in [6.45, 7) is 1.28. The lowest BCUT2D eigenvalue weighted by Gasteiger charge is -2.10. The van der Waals surface area contributed by atoms with Crippen LogP contribution in [0.3, 0.4) is 0 Å². The molecule has 9 heteroatoms. The van der Waals surface area contributed by atoms with Crippen molar-refractivity contribution in [2.75, 3.05) is 16.3 Å². The molecule has 0 spiro atoms. The minimum atomic E-state index is -3.49. The van der Waals surface area contributed by atoms with Crippen LogP contribution in [0.5, 0.6) is 0 Å². The number of hydrogen-bond acceptors (Lipinski definition) is 5. The van der Waals surface area contributed by atoms with Gasteiger partial charge in [-0.1, -0.05) is 0 Å². The van der Waals surface area contributed by atoms with Crippen LogP contribution in [0.2, 0.25) is 0 Å². The number of hydrogen-bond donors (Lipinski definition) is 4. The van der Waals surface area contributed by atoms with Gasteiger partial charge in [-0.05, 0) is 23.7 Å². The molecule has 1 amide bonds. The van der Waals surface area contributed by atoms with Gasteiger partial charge in [-0.15, -0.1) is 0 Å². The van der Waals surface area contributed by atoms with Crippen molar-refractivity contribution in [2.24, 2.45) is 0 Å². The number of carbonyl (C=O) groups excluding carboxylic acids is 1. The van der Waals surface area contributed by atoms with Crippen LogP contribution in [0, 0.1) is 0 Å². The van der Waals surface area contributed by atoms with E-state index in [1.807, 2.05) is 0 Å². The highest BCUT2D eigenvalue weighted by Gasteiger charge is 2.14. The quantitative estimate of drug-likeness (QED) is 0.508. The number of sulfonamides is 1. The van der Waals surface area contributed by atoms with Crippen molar-refractivity contribution in [3.63, 3.8) is 0 Å². The Morgan fingerprint density at radius 1 is 1.22 bits per heavy atom. The lowest BCUT2D eigenvalue weighted by molar-refractivity contribution is -0.114. The molecule has 18 heavy (non-hydrogen) atoms. The zero-order valence-electron chi connectivity index (χ0n) is 9.84. The summed E-state index contributed by atoms with van der Waals surface area (Å²) < 4.78 is 24.4. The maximum atomic E-state index is 11.1. The summed E-state index contributed by atoms with van der Waals surface area (Å²) in [7, 11) is -5.26. The van der Waals surface area contributed by atoms with Crippen LogP contribution in [0.25, 0.3) is 0 Å². The van der Waals surface area contributed by atoms with Crippen molar-refractivity contribution in [3.05, 3.63) is 18.2 Å². The van der Waals surface area contributed by atoms with Crippen LogP contribution in [-0.4, -0.2) is 37.7 Å². The zero-order chi connectivity index (χ0) is 13.9. The van der Waals surface area contributed by atoms with Crippen LogP contribution >= 0.6 is 0 Å². The SMILES string of the molecule is CC(=O)Nc1cc(NS(C)(=O)=O)cc(B(O)O)c1. The van der Waals surface area contributed by atoms with Gasteiger partial charge in [0.1, 0.15) is 0 Å². The van der Waals surface area contributed by atoms with Gasteiger partial charge in [-0.25, -0.2) is 8.42 Å². The predicted octanol–water partition coefficient (Wildman–Crippen LogP) is -1.30. The molecule has 0 atom stereocenters. The third kappa shape index (κ3) is 4.74. The van der Waals surface area contributed by atoms with Gasteiger partial charge in [0, 0.05) is 12.6 Å². The van der Waals surface area contributed by atoms with E-state index in [2.05, 4.69) is 10.0 Å². The summed E-state index contributed by atoms with van der Waals surface area (Å²) in [4.78, 5) is 10.9. The Morgan fingerprint density at radius 3 is 2.22 bits per heavy atom. The van der Waals surface area contributed by atoms with Crippen LogP contribution in [0.1, 0.15) is 6.92 Å². The number of amides is 1. The van der Waals surface area contributed by atoms with Gasteiger partial charge in [0.15, 0.2) is 0 Å². The van der Waals surface area contributed by atoms with Crippen molar-refractivity contribution < 1.29 is 23.3 Å². The highest BCUT2D eigenvalue weighted by atomic mass is 32.2. The number of benzene rings is 1. The number of nitrogens with one attached hydrogen (secondary N) is 2. The molecule has 0 saturated heterocycles. The summed E-state index contributed by atoms with van der Waals surface area (Å²) >= 11 is 0. The van der Waals surface area contributed by atoms with Crippen LogP contribution in [-0.2, 0) is 14.8 Å². The molecule has 1 rings (SSSR count). The Bertz CT molecular complexity index is 558. The van der Waals surface area contributed by atoms with Gasteiger partial charge in [-0.3, -0.25) is 9.52 Å². The Balaban J connectivity index is 3.17. The molecule has 0 aromatic heterocycles. The highest BCUT2D eigenvalue weighted by molar-refractivity contribution is 7.92. The van der Waals surface area contributed by atoms with Crippen molar-refractivity contribution in [1.82, 2.24) is 0 Å². The first-order valence-electron chi connectivity index (χ1n) is 4.94. The number of carbonyl (C=O) groups is 1. The van der Waals surface area contributed by atoms with Crippen molar-refractivity contribution in [1.29, 1.82) is 0 Å². The first-order valence-corrected chi connectivity index (χ1v) is 6.83. The molecule has 0 radical (unpaired) electrons. The molecule has 0 bridgehead atoms. The maximum Gasteiger partial charge on any atom is 0.488 e. The van der Waals surface area contributed by atoms with Crippen LogP contribution < -0.4 is 15.5 Å². The predicted molar refractivity (Wildman–Crippen MR) is 69.0 cm³/mol. The summed E-state index contributed by atoms with van der Waals surface area (Å²) in [5.74, 6) is -0.357. The van der Waals surface area contributed by atoms with Gasteiger partial charge < -0.3 is 15.4 Å². The van der Waals surface area contributed by atoms with Crippen molar-refractivity contribution >= 4 is 39.9 Å². The second-order valence-corrected chi connectivity index (χ2v) is 5.52. The fourth-order valence-corrected chi connectivity index (χ4v) is 1.90. The molecule has 0 unspecified atom stereocenters. The summed E-state index contributed by atoms with van der Waals surface area (Å²) in [5, 5.41) is 20.6. The maximum absolute atomic E-state index is 11.1. The second kappa shape index (κ2) is 5.38. The lowest BCUT2D eigenvalue weighted by Crippen LogP contribution is -2.30. The van der Waals surface area contributed by atoms with Crippen LogP contribution in [0.15, 0.2) is 18.2 Å². The van der Waals surface area contributed by atoms with Gasteiger partial charge in [0.05, 0.1) is 11.9 Å². The molecule has 1 aromatic carbocycles. The van der Waals surface area contributed by atoms with E-state index < -0.39 is 17.1 Å². The summed E-state index contributed by atoms with van der Waals surface area (Å²) in [5.41, 5.74) is 0.457. The number of anilines is 2. The normalized spacial score (nSPS) is 10.9. The molecule has 4 N–H and O–H groups in total. The Morgan fingerprint density at radius 2 is 1.78 bits per heavy atom. The molecule has 0 aliphatic rings. The molecule has 7 nitrogen and oxygen atoms in total. The lowest BCUT2D eigenvalue weighted by atomic mass is 9.80. The van der Waals surface area contributed by atoms with Gasteiger partial charge >= 0.3 is 7.12 Å². The Labute approximate surface area is 105 Å². The topological polar surface area (TPSA) is 116 Å². The van der Waals surface area contributed by atoms with E-state index in [-0.39, 0.29) is 22.7 Å². The molecule has 0 saturated carbocycles. The average Bonchev–Trinajstić information content (AvgIpc) is 2.12. The first-order chi connectivity index (χ1) is 8.17. The van der Waals surface area contributed by atoms with E-state index in [4.69, 9.17) is 10.0 Å². The minimum Gasteiger partial charge on any atom is -0.423 e. The summed E-state index contributed by atoms with van der Waals surface area (Å²) in [6.07, 6.45) is 0.965. The fourth-order valence-electron chi connectivity index (χ4n) is 1.35. The van der Waals surface area contributed by atoms with Crippen molar-refractivity contribution in [3.8, 4) is 0 Å². The molecule has 1 aromatic rings. The van der Waals surface area contributed by atoms with Gasteiger partial charge in [0.25, 0.3) is 0 Å². The largest absolute Gasteiger partial charge is 0.488 e. The van der Waals surface area contributed by atoms with Crippen LogP contribution in [0.4, 0.5) is 11.4 Å². The molecule has 0 heterocycles. The van der Waals surface area contributed by atoms with E-state index in [1.54, 1.807) is 0 Å². The van der Waals surface area contributed by atoms with Crippen molar-refractivity contribution in [2.45, 2.75) is 6.92 Å².